The summed E-state index contributed by atoms with van der Waals surface area (Å²) in [6, 6.07) is 15.7. The van der Waals surface area contributed by atoms with Gasteiger partial charge in [0.1, 0.15) is 5.82 Å². The van der Waals surface area contributed by atoms with E-state index < -0.39 is 0 Å². The molecule has 1 heterocycles. The molecular formula is C18H18N6. The van der Waals surface area contributed by atoms with Crippen LogP contribution < -0.4 is 16.0 Å². The number of hydrogen-bond acceptors (Lipinski definition) is 6. The lowest BCUT2D eigenvalue weighted by molar-refractivity contribution is 0.924. The van der Waals surface area contributed by atoms with Crippen molar-refractivity contribution in [2.45, 2.75) is 6.54 Å². The Morgan fingerprint density at radius 2 is 1.92 bits per heavy atom. The summed E-state index contributed by atoms with van der Waals surface area (Å²) in [5.74, 6) is 0.969. The second-order valence-corrected chi connectivity index (χ2v) is 5.55. The highest BCUT2D eigenvalue weighted by atomic mass is 15.1. The molecule has 0 unspecified atom stereocenters. The number of aromatic nitrogens is 2. The molecule has 0 radical (unpaired) electrons. The van der Waals surface area contributed by atoms with Crippen molar-refractivity contribution in [1.29, 1.82) is 5.26 Å². The van der Waals surface area contributed by atoms with Gasteiger partial charge in [0.15, 0.2) is 0 Å². The van der Waals surface area contributed by atoms with Gasteiger partial charge in [-0.05, 0) is 35.9 Å². The average molecular weight is 318 g/mol. The molecule has 3 aromatic rings. The van der Waals surface area contributed by atoms with Gasteiger partial charge in [0.25, 0.3) is 0 Å². The van der Waals surface area contributed by atoms with E-state index in [9.17, 15) is 0 Å². The highest BCUT2D eigenvalue weighted by Gasteiger charge is 2.09. The maximum Gasteiger partial charge on any atom is 0.222 e. The van der Waals surface area contributed by atoms with Crippen molar-refractivity contribution < 1.29 is 0 Å². The van der Waals surface area contributed by atoms with Crippen LogP contribution in [0.15, 0.2) is 42.5 Å². The second kappa shape index (κ2) is 6.42. The standard InChI is InChI=1S/C18H18N6/c1-21-17-15-9-14(7-8-16(15)22-18(20)23-17)24(2)11-13-5-3-12(10-19)4-6-13/h3-9H,11H2,1-2H3,(H3,20,21,22,23). The fourth-order valence-corrected chi connectivity index (χ4v) is 2.61. The summed E-state index contributed by atoms with van der Waals surface area (Å²) in [5, 5.41) is 12.9. The first kappa shape index (κ1) is 15.6. The lowest BCUT2D eigenvalue weighted by Crippen LogP contribution is -2.16. The molecule has 0 aliphatic heterocycles. The third-order valence-electron chi connectivity index (χ3n) is 3.88. The summed E-state index contributed by atoms with van der Waals surface area (Å²) in [6.07, 6.45) is 0. The van der Waals surface area contributed by atoms with Gasteiger partial charge in [-0.2, -0.15) is 10.2 Å². The van der Waals surface area contributed by atoms with E-state index in [1.54, 1.807) is 0 Å². The number of hydrogen-bond donors (Lipinski definition) is 2. The van der Waals surface area contributed by atoms with Crippen LogP contribution in [0.2, 0.25) is 0 Å². The second-order valence-electron chi connectivity index (χ2n) is 5.55. The molecule has 0 atom stereocenters. The fourth-order valence-electron chi connectivity index (χ4n) is 2.61. The molecule has 0 aliphatic rings. The Balaban J connectivity index is 1.90. The number of anilines is 3. The molecule has 24 heavy (non-hydrogen) atoms. The van der Waals surface area contributed by atoms with Crippen molar-refractivity contribution in [1.82, 2.24) is 9.97 Å². The van der Waals surface area contributed by atoms with Gasteiger partial charge in [0.05, 0.1) is 17.1 Å². The van der Waals surface area contributed by atoms with Crippen molar-refractivity contribution >= 4 is 28.4 Å². The number of nitrogens with zero attached hydrogens (tertiary/aromatic N) is 4. The Morgan fingerprint density at radius 1 is 1.17 bits per heavy atom. The van der Waals surface area contributed by atoms with Crippen molar-refractivity contribution in [3.8, 4) is 6.07 Å². The zero-order chi connectivity index (χ0) is 17.1. The van der Waals surface area contributed by atoms with Crippen LogP contribution in [0.5, 0.6) is 0 Å². The molecule has 120 valence electrons. The van der Waals surface area contributed by atoms with Crippen LogP contribution in [-0.2, 0) is 6.54 Å². The van der Waals surface area contributed by atoms with Crippen LogP contribution in [0.1, 0.15) is 11.1 Å². The first-order chi connectivity index (χ1) is 11.6. The van der Waals surface area contributed by atoms with Gasteiger partial charge in [0.2, 0.25) is 5.95 Å². The van der Waals surface area contributed by atoms with Crippen LogP contribution in [0.4, 0.5) is 17.5 Å². The number of benzene rings is 2. The Kier molecular flexibility index (Phi) is 4.17. The number of fused-ring (bicyclic) bond motifs is 1. The quantitative estimate of drug-likeness (QED) is 0.768. The van der Waals surface area contributed by atoms with Gasteiger partial charge in [-0.3, -0.25) is 0 Å². The largest absolute Gasteiger partial charge is 0.372 e. The number of rotatable bonds is 4. The minimum atomic E-state index is 0.255. The lowest BCUT2D eigenvalue weighted by atomic mass is 10.1. The molecule has 0 spiro atoms. The Morgan fingerprint density at radius 3 is 2.58 bits per heavy atom. The monoisotopic (exact) mass is 318 g/mol. The van der Waals surface area contributed by atoms with Crippen molar-refractivity contribution in [2.75, 3.05) is 30.0 Å². The minimum Gasteiger partial charge on any atom is -0.372 e. The zero-order valence-electron chi connectivity index (χ0n) is 13.6. The van der Waals surface area contributed by atoms with Crippen molar-refractivity contribution in [3.05, 3.63) is 53.6 Å². The molecule has 0 aliphatic carbocycles. The van der Waals surface area contributed by atoms with E-state index in [1.165, 1.54) is 0 Å². The summed E-state index contributed by atoms with van der Waals surface area (Å²) in [6.45, 7) is 0.738. The van der Waals surface area contributed by atoms with E-state index in [0.29, 0.717) is 11.4 Å². The first-order valence-corrected chi connectivity index (χ1v) is 7.56. The molecule has 0 amide bonds. The molecule has 6 heteroatoms. The first-order valence-electron chi connectivity index (χ1n) is 7.56. The highest BCUT2D eigenvalue weighted by Crippen LogP contribution is 2.26. The van der Waals surface area contributed by atoms with Crippen LogP contribution >= 0.6 is 0 Å². The summed E-state index contributed by atoms with van der Waals surface area (Å²) in [4.78, 5) is 10.6. The average Bonchev–Trinajstić information content (AvgIpc) is 2.61. The number of nitrogens with two attached hydrogens (primary N) is 1. The van der Waals surface area contributed by atoms with Crippen LogP contribution in [-0.4, -0.2) is 24.1 Å². The maximum absolute atomic E-state index is 8.87. The van der Waals surface area contributed by atoms with Gasteiger partial charge in [-0.1, -0.05) is 12.1 Å². The van der Waals surface area contributed by atoms with Crippen molar-refractivity contribution in [3.63, 3.8) is 0 Å². The van der Waals surface area contributed by atoms with Crippen LogP contribution in [0, 0.1) is 11.3 Å². The maximum atomic E-state index is 8.87. The molecule has 3 rings (SSSR count). The van der Waals surface area contributed by atoms with Gasteiger partial charge in [-0.25, -0.2) is 4.98 Å². The minimum absolute atomic E-state index is 0.255. The highest BCUT2D eigenvalue weighted by molar-refractivity contribution is 5.92. The predicted molar refractivity (Wildman–Crippen MR) is 96.8 cm³/mol. The Bertz CT molecular complexity index is 911. The third kappa shape index (κ3) is 3.06. The Labute approximate surface area is 140 Å². The summed E-state index contributed by atoms with van der Waals surface area (Å²) < 4.78 is 0. The van der Waals surface area contributed by atoms with Gasteiger partial charge >= 0.3 is 0 Å². The van der Waals surface area contributed by atoms with E-state index in [2.05, 4.69) is 26.3 Å². The molecule has 2 aromatic carbocycles. The van der Waals surface area contributed by atoms with E-state index in [-0.39, 0.29) is 5.95 Å². The third-order valence-corrected chi connectivity index (χ3v) is 3.88. The molecule has 0 saturated carbocycles. The normalized spacial score (nSPS) is 10.4. The number of nitrogen functional groups attached to an aromatic ring is 1. The number of nitrogens with one attached hydrogen (secondary N) is 1. The Hall–Kier alpha value is -3.33. The smallest absolute Gasteiger partial charge is 0.222 e. The lowest BCUT2D eigenvalue weighted by Gasteiger charge is -2.20. The van der Waals surface area contributed by atoms with Gasteiger partial charge in [0, 0.05) is 31.7 Å². The van der Waals surface area contributed by atoms with E-state index in [4.69, 9.17) is 11.0 Å². The van der Waals surface area contributed by atoms with Crippen molar-refractivity contribution in [2.24, 2.45) is 0 Å². The molecule has 0 saturated heterocycles. The summed E-state index contributed by atoms with van der Waals surface area (Å²) >= 11 is 0. The fraction of sp³-hybridized carbons (Fsp3) is 0.167. The van der Waals surface area contributed by atoms with E-state index >= 15 is 0 Å². The molecule has 1 aromatic heterocycles. The molecule has 0 bridgehead atoms. The summed E-state index contributed by atoms with van der Waals surface area (Å²) in [7, 11) is 3.84. The van der Waals surface area contributed by atoms with Crippen LogP contribution in [0.3, 0.4) is 0 Å². The molecular weight excluding hydrogens is 300 g/mol. The zero-order valence-corrected chi connectivity index (χ0v) is 13.6. The topological polar surface area (TPSA) is 90.9 Å². The van der Waals surface area contributed by atoms with E-state index in [0.717, 1.165) is 28.7 Å². The molecule has 0 fully saturated rings. The number of nitriles is 1. The SMILES string of the molecule is CNc1nc(N)nc2ccc(N(C)Cc3ccc(C#N)cc3)cc12. The molecule has 3 N–H and O–H groups in total. The summed E-state index contributed by atoms with van der Waals surface area (Å²) in [5.41, 5.74) is 9.39. The van der Waals surface area contributed by atoms with E-state index in [1.807, 2.05) is 56.6 Å². The molecule has 6 nitrogen and oxygen atoms in total. The van der Waals surface area contributed by atoms with Gasteiger partial charge < -0.3 is 16.0 Å². The predicted octanol–water partition coefficient (Wildman–Crippen LogP) is 2.76. The van der Waals surface area contributed by atoms with Crippen LogP contribution in [0.25, 0.3) is 10.9 Å². The van der Waals surface area contributed by atoms with Gasteiger partial charge in [-0.15, -0.1) is 0 Å².